The first kappa shape index (κ1) is 17.9. The second-order valence-electron chi connectivity index (χ2n) is 7.19. The van der Waals surface area contributed by atoms with Crippen LogP contribution in [0.4, 0.5) is 5.69 Å². The molecule has 0 radical (unpaired) electrons. The van der Waals surface area contributed by atoms with Crippen LogP contribution >= 0.6 is 0 Å². The minimum absolute atomic E-state index is 0.228. The van der Waals surface area contributed by atoms with Gasteiger partial charge in [-0.25, -0.2) is 8.42 Å². The van der Waals surface area contributed by atoms with Crippen molar-refractivity contribution in [2.24, 2.45) is 0 Å². The Morgan fingerprint density at radius 1 is 1.04 bits per heavy atom. The molecule has 0 unspecified atom stereocenters. The third-order valence-corrected chi connectivity index (χ3v) is 7.00. The van der Waals surface area contributed by atoms with Crippen LogP contribution in [0.3, 0.4) is 0 Å². The molecule has 2 aromatic carbocycles. The molecular weight excluding hydrogens is 358 g/mol. The van der Waals surface area contributed by atoms with Crippen molar-refractivity contribution in [3.05, 3.63) is 60.8 Å². The lowest BCUT2D eigenvalue weighted by Crippen LogP contribution is -2.31. The summed E-state index contributed by atoms with van der Waals surface area (Å²) in [6.07, 6.45) is 2.59. The zero-order valence-corrected chi connectivity index (χ0v) is 16.4. The van der Waals surface area contributed by atoms with Gasteiger partial charge in [-0.05, 0) is 44.8 Å². The maximum absolute atomic E-state index is 12.9. The molecule has 1 aromatic heterocycles. The number of pyridine rings is 1. The van der Waals surface area contributed by atoms with Crippen molar-refractivity contribution < 1.29 is 8.42 Å². The van der Waals surface area contributed by atoms with Crippen molar-refractivity contribution in [3.8, 4) is 0 Å². The molecule has 4 rings (SSSR count). The number of likely N-dealkylation sites (N-methyl/N-ethyl adjacent to an activating group) is 1. The number of para-hydroxylation sites is 1. The van der Waals surface area contributed by atoms with E-state index >= 15 is 0 Å². The van der Waals surface area contributed by atoms with Crippen LogP contribution in [0.2, 0.25) is 0 Å². The average Bonchev–Trinajstić information content (AvgIpc) is 3.18. The number of nitrogens with zero attached hydrogens (tertiary/aromatic N) is 3. The van der Waals surface area contributed by atoms with E-state index in [0.717, 1.165) is 36.1 Å². The Balaban J connectivity index is 1.73. The fraction of sp³-hybridized carbons (Fsp3) is 0.286. The number of anilines is 1. The zero-order valence-electron chi connectivity index (χ0n) is 15.5. The molecule has 0 N–H and O–H groups in total. The van der Waals surface area contributed by atoms with Gasteiger partial charge in [0.25, 0.3) is 0 Å². The van der Waals surface area contributed by atoms with Gasteiger partial charge >= 0.3 is 0 Å². The van der Waals surface area contributed by atoms with Crippen LogP contribution in [0.5, 0.6) is 0 Å². The highest BCUT2D eigenvalue weighted by atomic mass is 32.2. The Morgan fingerprint density at radius 2 is 1.81 bits per heavy atom. The van der Waals surface area contributed by atoms with Gasteiger partial charge < -0.3 is 9.80 Å². The van der Waals surface area contributed by atoms with Crippen LogP contribution in [-0.2, 0) is 9.84 Å². The van der Waals surface area contributed by atoms with Crippen LogP contribution in [-0.4, -0.2) is 51.5 Å². The summed E-state index contributed by atoms with van der Waals surface area (Å²) in [6.45, 7) is 1.94. The van der Waals surface area contributed by atoms with E-state index in [0.29, 0.717) is 6.04 Å². The number of aromatic nitrogens is 1. The summed E-state index contributed by atoms with van der Waals surface area (Å²) in [5, 5.41) is 0.845. The predicted molar refractivity (Wildman–Crippen MR) is 108 cm³/mol. The molecule has 1 atom stereocenters. The molecule has 1 saturated heterocycles. The molecule has 6 heteroatoms. The molecule has 27 heavy (non-hydrogen) atoms. The highest BCUT2D eigenvalue weighted by molar-refractivity contribution is 7.91. The highest BCUT2D eigenvalue weighted by Crippen LogP contribution is 2.31. The lowest BCUT2D eigenvalue weighted by Gasteiger charge is -2.22. The van der Waals surface area contributed by atoms with Crippen molar-refractivity contribution in [1.82, 2.24) is 9.88 Å². The summed E-state index contributed by atoms with van der Waals surface area (Å²) < 4.78 is 25.8. The van der Waals surface area contributed by atoms with Crippen molar-refractivity contribution in [2.75, 3.05) is 32.1 Å². The van der Waals surface area contributed by atoms with Crippen LogP contribution in [0.15, 0.2) is 70.6 Å². The summed E-state index contributed by atoms with van der Waals surface area (Å²) in [5.41, 5.74) is 1.92. The van der Waals surface area contributed by atoms with Gasteiger partial charge in [0.1, 0.15) is 0 Å². The fourth-order valence-corrected chi connectivity index (χ4v) is 4.91. The van der Waals surface area contributed by atoms with E-state index in [4.69, 9.17) is 0 Å². The fourth-order valence-electron chi connectivity index (χ4n) is 3.64. The summed E-state index contributed by atoms with van der Waals surface area (Å²) in [5.74, 6) is 0. The van der Waals surface area contributed by atoms with Crippen molar-refractivity contribution in [2.45, 2.75) is 22.3 Å². The van der Waals surface area contributed by atoms with Gasteiger partial charge in [0.2, 0.25) is 9.84 Å². The molecule has 0 aliphatic carbocycles. The standard InChI is InChI=1S/C21H23N3O2S/c1-23(2)17-11-12-24(15-17)20-10-6-7-16-13-19(14-22-21(16)20)27(25,26)18-8-4-3-5-9-18/h3-10,13-14,17H,11-12,15H2,1-2H3/t17-/m0/s1. The molecule has 0 saturated carbocycles. The predicted octanol–water partition coefficient (Wildman–Crippen LogP) is 3.21. The van der Waals surface area contributed by atoms with E-state index in [1.54, 1.807) is 36.4 Å². The van der Waals surface area contributed by atoms with Gasteiger partial charge in [-0.1, -0.05) is 30.3 Å². The van der Waals surface area contributed by atoms with E-state index < -0.39 is 9.84 Å². The molecule has 5 nitrogen and oxygen atoms in total. The second-order valence-corrected chi connectivity index (χ2v) is 9.14. The Labute approximate surface area is 160 Å². The Hall–Kier alpha value is -2.44. The minimum atomic E-state index is -3.57. The molecule has 0 bridgehead atoms. The van der Waals surface area contributed by atoms with Gasteiger partial charge in [-0.15, -0.1) is 0 Å². The number of rotatable bonds is 4. The third-order valence-electron chi connectivity index (χ3n) is 5.26. The average molecular weight is 382 g/mol. The molecule has 1 fully saturated rings. The summed E-state index contributed by atoms with van der Waals surface area (Å²) in [6, 6.07) is 16.7. The van der Waals surface area contributed by atoms with Gasteiger partial charge in [0.15, 0.2) is 0 Å². The smallest absolute Gasteiger partial charge is 0.208 e. The minimum Gasteiger partial charge on any atom is -0.368 e. The third kappa shape index (κ3) is 3.31. The number of hydrogen-bond acceptors (Lipinski definition) is 5. The quantitative estimate of drug-likeness (QED) is 0.695. The molecule has 0 spiro atoms. The van der Waals surface area contributed by atoms with E-state index in [9.17, 15) is 8.42 Å². The molecule has 3 aromatic rings. The Kier molecular flexibility index (Phi) is 4.61. The van der Waals surface area contributed by atoms with Crippen LogP contribution < -0.4 is 4.90 Å². The van der Waals surface area contributed by atoms with E-state index in [2.05, 4.69) is 34.9 Å². The maximum atomic E-state index is 12.9. The molecular formula is C21H23N3O2S. The van der Waals surface area contributed by atoms with Gasteiger partial charge in [-0.2, -0.15) is 0 Å². The molecule has 2 heterocycles. The number of fused-ring (bicyclic) bond motifs is 1. The van der Waals surface area contributed by atoms with Crippen molar-refractivity contribution in [1.29, 1.82) is 0 Å². The molecule has 140 valence electrons. The SMILES string of the molecule is CN(C)[C@H]1CCN(c2cccc3cc(S(=O)(=O)c4ccccc4)cnc23)C1. The van der Waals surface area contributed by atoms with Gasteiger partial charge in [-0.3, -0.25) is 4.98 Å². The van der Waals surface area contributed by atoms with Crippen LogP contribution in [0.25, 0.3) is 10.9 Å². The summed E-state index contributed by atoms with van der Waals surface area (Å²) in [7, 11) is 0.650. The number of benzene rings is 2. The topological polar surface area (TPSA) is 53.5 Å². The van der Waals surface area contributed by atoms with E-state index in [-0.39, 0.29) is 9.79 Å². The molecule has 1 aliphatic heterocycles. The van der Waals surface area contributed by atoms with Crippen molar-refractivity contribution in [3.63, 3.8) is 0 Å². The van der Waals surface area contributed by atoms with Gasteiger partial charge in [0.05, 0.1) is 21.0 Å². The summed E-state index contributed by atoms with van der Waals surface area (Å²) >= 11 is 0. The number of sulfone groups is 1. The van der Waals surface area contributed by atoms with Crippen LogP contribution in [0, 0.1) is 0 Å². The first-order valence-corrected chi connectivity index (χ1v) is 10.6. The number of hydrogen-bond donors (Lipinski definition) is 0. The van der Waals surface area contributed by atoms with Gasteiger partial charge in [0, 0.05) is 30.7 Å². The lowest BCUT2D eigenvalue weighted by atomic mass is 10.2. The maximum Gasteiger partial charge on any atom is 0.208 e. The Bertz CT molecular complexity index is 1070. The first-order chi connectivity index (χ1) is 13.0. The van der Waals surface area contributed by atoms with E-state index in [1.165, 1.54) is 6.20 Å². The lowest BCUT2D eigenvalue weighted by molar-refractivity contribution is 0.315. The summed E-state index contributed by atoms with van der Waals surface area (Å²) in [4.78, 5) is 9.66. The van der Waals surface area contributed by atoms with E-state index in [1.807, 2.05) is 12.1 Å². The largest absolute Gasteiger partial charge is 0.368 e. The molecule has 0 amide bonds. The first-order valence-electron chi connectivity index (χ1n) is 9.07. The molecule has 1 aliphatic rings. The Morgan fingerprint density at radius 3 is 2.52 bits per heavy atom. The second kappa shape index (κ2) is 6.94. The monoisotopic (exact) mass is 381 g/mol. The zero-order chi connectivity index (χ0) is 19.0. The van der Waals surface area contributed by atoms with Crippen LogP contribution in [0.1, 0.15) is 6.42 Å². The highest BCUT2D eigenvalue weighted by Gasteiger charge is 2.26. The normalized spacial score (nSPS) is 17.7. The van der Waals surface area contributed by atoms with Crippen molar-refractivity contribution >= 4 is 26.4 Å².